The highest BCUT2D eigenvalue weighted by molar-refractivity contribution is 5.91. The molecule has 3 aromatic rings. The molecular weight excluding hydrogens is 382 g/mol. The summed E-state index contributed by atoms with van der Waals surface area (Å²) in [6, 6.07) is 6.80. The zero-order chi connectivity index (χ0) is 20.6. The van der Waals surface area contributed by atoms with Crippen LogP contribution in [-0.4, -0.2) is 62.2 Å². The molecule has 0 radical (unpaired) electrons. The lowest BCUT2D eigenvalue weighted by atomic mass is 10.1. The molecule has 1 saturated heterocycles. The molecule has 1 aliphatic heterocycles. The number of rotatable bonds is 5. The van der Waals surface area contributed by atoms with E-state index in [0.717, 1.165) is 16.5 Å². The van der Waals surface area contributed by atoms with E-state index in [-0.39, 0.29) is 24.6 Å². The molecule has 1 aromatic carbocycles. The monoisotopic (exact) mass is 402 g/mol. The zero-order valence-electron chi connectivity index (χ0n) is 15.7. The number of nitrogens with zero attached hydrogens (tertiary/aromatic N) is 4. The maximum atomic E-state index is 14.1. The third-order valence-corrected chi connectivity index (χ3v) is 5.11. The first kappa shape index (κ1) is 19.0. The molecule has 29 heavy (non-hydrogen) atoms. The average Bonchev–Trinajstić information content (AvgIpc) is 3.39. The number of H-pyrrole nitrogens is 1. The Morgan fingerprint density at radius 2 is 2.14 bits per heavy atom. The molecule has 0 aliphatic carbocycles. The van der Waals surface area contributed by atoms with Crippen molar-refractivity contribution in [2.45, 2.75) is 31.4 Å². The largest absolute Gasteiger partial charge is 0.361 e. The van der Waals surface area contributed by atoms with Crippen molar-refractivity contribution >= 4 is 22.7 Å². The van der Waals surface area contributed by atoms with E-state index in [4.69, 9.17) is 0 Å². The Morgan fingerprint density at radius 3 is 2.93 bits per heavy atom. The van der Waals surface area contributed by atoms with Crippen LogP contribution in [0.1, 0.15) is 22.5 Å². The van der Waals surface area contributed by atoms with Crippen LogP contribution < -0.4 is 5.32 Å². The SMILES string of the molecule is CNC(=O)c1cn(C[C@@H]2CC(F)(F)CN2C(=O)Cc2c[nH]c3ccccc23)nn1. The number of aromatic nitrogens is 4. The second kappa shape index (κ2) is 7.26. The number of carbonyl (C=O) groups excluding carboxylic acids is 2. The summed E-state index contributed by atoms with van der Waals surface area (Å²) in [5.74, 6) is -3.76. The van der Waals surface area contributed by atoms with Crippen molar-refractivity contribution in [3.05, 3.63) is 47.9 Å². The molecule has 10 heteroatoms. The van der Waals surface area contributed by atoms with Gasteiger partial charge in [0, 0.05) is 30.6 Å². The van der Waals surface area contributed by atoms with E-state index in [9.17, 15) is 18.4 Å². The van der Waals surface area contributed by atoms with Gasteiger partial charge in [-0.1, -0.05) is 23.4 Å². The van der Waals surface area contributed by atoms with E-state index in [1.54, 1.807) is 6.20 Å². The van der Waals surface area contributed by atoms with Crippen molar-refractivity contribution in [1.29, 1.82) is 0 Å². The predicted octanol–water partition coefficient (Wildman–Crippen LogP) is 1.60. The predicted molar refractivity (Wildman–Crippen MR) is 100 cm³/mol. The van der Waals surface area contributed by atoms with Gasteiger partial charge in [-0.3, -0.25) is 9.59 Å². The molecule has 3 heterocycles. The van der Waals surface area contributed by atoms with E-state index < -0.39 is 30.8 Å². The number of halogens is 2. The van der Waals surface area contributed by atoms with E-state index >= 15 is 0 Å². The Kier molecular flexibility index (Phi) is 4.77. The fraction of sp³-hybridized carbons (Fsp3) is 0.368. The van der Waals surface area contributed by atoms with Gasteiger partial charge in [0.25, 0.3) is 11.8 Å². The Balaban J connectivity index is 1.52. The molecule has 2 N–H and O–H groups in total. The Morgan fingerprint density at radius 1 is 1.34 bits per heavy atom. The van der Waals surface area contributed by atoms with Gasteiger partial charge in [-0.05, 0) is 11.6 Å². The van der Waals surface area contributed by atoms with Crippen LogP contribution in [0, 0.1) is 0 Å². The number of fused-ring (bicyclic) bond motifs is 1. The average molecular weight is 402 g/mol. The molecule has 1 fully saturated rings. The zero-order valence-corrected chi connectivity index (χ0v) is 15.7. The van der Waals surface area contributed by atoms with Crippen LogP contribution in [0.2, 0.25) is 0 Å². The van der Waals surface area contributed by atoms with Crippen LogP contribution in [0.25, 0.3) is 10.9 Å². The minimum atomic E-state index is -2.97. The lowest BCUT2D eigenvalue weighted by molar-refractivity contribution is -0.132. The van der Waals surface area contributed by atoms with Gasteiger partial charge in [0.2, 0.25) is 5.91 Å². The number of hydrogen-bond acceptors (Lipinski definition) is 4. The standard InChI is InChI=1S/C19H20F2N6O2/c1-22-18(29)16-10-26(25-24-16)9-13-7-19(20,21)11-27(13)17(28)6-12-8-23-15-5-3-2-4-14(12)15/h2-5,8,10,13,23H,6-7,9,11H2,1H3,(H,22,29)/t13-/m0/s1. The van der Waals surface area contributed by atoms with Crippen molar-refractivity contribution in [3.8, 4) is 0 Å². The van der Waals surface area contributed by atoms with Crippen LogP contribution in [0.15, 0.2) is 36.7 Å². The first-order valence-corrected chi connectivity index (χ1v) is 9.21. The molecule has 0 bridgehead atoms. The van der Waals surface area contributed by atoms with Gasteiger partial charge in [-0.2, -0.15) is 0 Å². The van der Waals surface area contributed by atoms with Crippen molar-refractivity contribution in [1.82, 2.24) is 30.2 Å². The molecule has 1 aliphatic rings. The molecule has 0 saturated carbocycles. The van der Waals surface area contributed by atoms with Crippen LogP contribution >= 0.6 is 0 Å². The normalized spacial score (nSPS) is 18.3. The summed E-state index contributed by atoms with van der Waals surface area (Å²) in [7, 11) is 1.46. The highest BCUT2D eigenvalue weighted by Gasteiger charge is 2.47. The fourth-order valence-corrected chi connectivity index (χ4v) is 3.73. The van der Waals surface area contributed by atoms with Crippen molar-refractivity contribution in [2.24, 2.45) is 0 Å². The molecular formula is C19H20F2N6O2. The first-order valence-electron chi connectivity index (χ1n) is 9.21. The number of alkyl halides is 2. The van der Waals surface area contributed by atoms with E-state index in [1.165, 1.54) is 22.8 Å². The van der Waals surface area contributed by atoms with E-state index in [0.29, 0.717) is 0 Å². The van der Waals surface area contributed by atoms with Gasteiger partial charge in [-0.15, -0.1) is 5.10 Å². The summed E-state index contributed by atoms with van der Waals surface area (Å²) < 4.78 is 29.6. The second-order valence-electron chi connectivity index (χ2n) is 7.18. The third kappa shape index (κ3) is 3.82. The lowest BCUT2D eigenvalue weighted by Crippen LogP contribution is -2.39. The number of likely N-dealkylation sites (tertiary alicyclic amines) is 1. The van der Waals surface area contributed by atoms with Crippen LogP contribution in [0.5, 0.6) is 0 Å². The number of nitrogens with one attached hydrogen (secondary N) is 2. The summed E-state index contributed by atoms with van der Waals surface area (Å²) in [5, 5.41) is 10.9. The topological polar surface area (TPSA) is 95.9 Å². The summed E-state index contributed by atoms with van der Waals surface area (Å²) in [5.41, 5.74) is 1.75. The fourth-order valence-electron chi connectivity index (χ4n) is 3.73. The summed E-state index contributed by atoms with van der Waals surface area (Å²) in [6.45, 7) is -0.588. The molecule has 0 unspecified atom stereocenters. The Bertz CT molecular complexity index is 1060. The molecule has 152 valence electrons. The molecule has 0 spiro atoms. The third-order valence-electron chi connectivity index (χ3n) is 5.11. The van der Waals surface area contributed by atoms with Crippen molar-refractivity contribution in [2.75, 3.05) is 13.6 Å². The van der Waals surface area contributed by atoms with Crippen molar-refractivity contribution < 1.29 is 18.4 Å². The molecule has 2 amide bonds. The number of hydrogen-bond donors (Lipinski definition) is 2. The number of carbonyl (C=O) groups is 2. The number of benzene rings is 1. The van der Waals surface area contributed by atoms with Crippen molar-refractivity contribution in [3.63, 3.8) is 0 Å². The summed E-state index contributed by atoms with van der Waals surface area (Å²) in [4.78, 5) is 28.8. The highest BCUT2D eigenvalue weighted by atomic mass is 19.3. The van der Waals surface area contributed by atoms with Gasteiger partial charge < -0.3 is 15.2 Å². The lowest BCUT2D eigenvalue weighted by Gasteiger charge is -2.23. The second-order valence-corrected chi connectivity index (χ2v) is 7.18. The van der Waals surface area contributed by atoms with Crippen LogP contribution in [-0.2, 0) is 17.8 Å². The summed E-state index contributed by atoms with van der Waals surface area (Å²) in [6.07, 6.45) is 2.69. The quantitative estimate of drug-likeness (QED) is 0.678. The van der Waals surface area contributed by atoms with Gasteiger partial charge in [0.1, 0.15) is 0 Å². The minimum absolute atomic E-state index is 0.0252. The number of para-hydroxylation sites is 1. The molecule has 1 atom stereocenters. The molecule has 2 aromatic heterocycles. The summed E-state index contributed by atoms with van der Waals surface area (Å²) >= 11 is 0. The Labute approximate surface area is 164 Å². The number of amides is 2. The molecule has 4 rings (SSSR count). The van der Waals surface area contributed by atoms with Gasteiger partial charge in [0.05, 0.1) is 31.7 Å². The first-order chi connectivity index (χ1) is 13.9. The maximum Gasteiger partial charge on any atom is 0.273 e. The van der Waals surface area contributed by atoms with Gasteiger partial charge >= 0.3 is 0 Å². The minimum Gasteiger partial charge on any atom is -0.361 e. The van der Waals surface area contributed by atoms with E-state index in [2.05, 4.69) is 20.6 Å². The van der Waals surface area contributed by atoms with Crippen LogP contribution in [0.4, 0.5) is 8.78 Å². The smallest absolute Gasteiger partial charge is 0.273 e. The number of aromatic amines is 1. The van der Waals surface area contributed by atoms with E-state index in [1.807, 2.05) is 24.3 Å². The van der Waals surface area contributed by atoms with Crippen LogP contribution in [0.3, 0.4) is 0 Å². The van der Waals surface area contributed by atoms with Gasteiger partial charge in [0.15, 0.2) is 5.69 Å². The molecule has 8 nitrogen and oxygen atoms in total. The van der Waals surface area contributed by atoms with Gasteiger partial charge in [-0.25, -0.2) is 13.5 Å². The highest BCUT2D eigenvalue weighted by Crippen LogP contribution is 2.33. The maximum absolute atomic E-state index is 14.1. The Hall–Kier alpha value is -3.30.